The SMILES string of the molecule is C#CCc1ccc2c(c1C(C)(C)C1=CC=CC1)Cc1ccccc1-2.[Cl-].[Cl-].[Zr+2]. The molecule has 0 saturated carbocycles. The third-order valence-electron chi connectivity index (χ3n) is 5.57. The predicted molar refractivity (Wildman–Crippen MR) is 102 cm³/mol. The zero-order valence-electron chi connectivity index (χ0n) is 15.7. The van der Waals surface area contributed by atoms with Gasteiger partial charge in [-0.3, -0.25) is 0 Å². The van der Waals surface area contributed by atoms with Crippen LogP contribution in [0.25, 0.3) is 11.1 Å². The third-order valence-corrected chi connectivity index (χ3v) is 5.57. The van der Waals surface area contributed by atoms with E-state index in [4.69, 9.17) is 6.42 Å². The van der Waals surface area contributed by atoms with Crippen molar-refractivity contribution in [1.82, 2.24) is 0 Å². The van der Waals surface area contributed by atoms with Crippen LogP contribution >= 0.6 is 0 Å². The molecule has 0 aliphatic heterocycles. The van der Waals surface area contributed by atoms with Crippen molar-refractivity contribution in [3.63, 3.8) is 0 Å². The van der Waals surface area contributed by atoms with Gasteiger partial charge in [-0.05, 0) is 46.2 Å². The molecule has 0 saturated heterocycles. The number of rotatable bonds is 3. The van der Waals surface area contributed by atoms with Crippen LogP contribution in [0.1, 0.15) is 42.5 Å². The van der Waals surface area contributed by atoms with Crippen molar-refractivity contribution in [3.8, 4) is 23.5 Å². The Bertz CT molecular complexity index is 930. The summed E-state index contributed by atoms with van der Waals surface area (Å²) < 4.78 is 0. The van der Waals surface area contributed by atoms with Crippen LogP contribution in [0.2, 0.25) is 0 Å². The van der Waals surface area contributed by atoms with Gasteiger partial charge in [0.05, 0.1) is 0 Å². The van der Waals surface area contributed by atoms with Crippen LogP contribution < -0.4 is 24.8 Å². The molecule has 0 heterocycles. The summed E-state index contributed by atoms with van der Waals surface area (Å²) in [7, 11) is 0. The van der Waals surface area contributed by atoms with E-state index in [2.05, 4.69) is 74.4 Å². The molecule has 0 atom stereocenters. The second-order valence-electron chi connectivity index (χ2n) is 7.29. The minimum Gasteiger partial charge on any atom is -1.00 e. The van der Waals surface area contributed by atoms with Crippen LogP contribution in [0, 0.1) is 12.3 Å². The van der Waals surface area contributed by atoms with Gasteiger partial charge in [-0.1, -0.05) is 74.0 Å². The fourth-order valence-corrected chi connectivity index (χ4v) is 4.37. The molecule has 0 bridgehead atoms. The Hall–Kier alpha value is -1.06. The van der Waals surface area contributed by atoms with Crippen molar-refractivity contribution in [2.24, 2.45) is 0 Å². The van der Waals surface area contributed by atoms with Crippen LogP contribution in [-0.4, -0.2) is 0 Å². The number of halogens is 2. The molecule has 0 aromatic heterocycles. The van der Waals surface area contributed by atoms with Gasteiger partial charge in [0.15, 0.2) is 0 Å². The molecule has 0 spiro atoms. The summed E-state index contributed by atoms with van der Waals surface area (Å²) in [5.74, 6) is 2.86. The van der Waals surface area contributed by atoms with Gasteiger partial charge < -0.3 is 24.8 Å². The Balaban J connectivity index is 0.00000121. The van der Waals surface area contributed by atoms with Crippen LogP contribution in [0.4, 0.5) is 0 Å². The Morgan fingerprint density at radius 3 is 2.44 bits per heavy atom. The molecule has 2 aliphatic rings. The Morgan fingerprint density at radius 2 is 1.78 bits per heavy atom. The summed E-state index contributed by atoms with van der Waals surface area (Å²) in [5, 5.41) is 0. The molecule has 2 aromatic carbocycles. The van der Waals surface area contributed by atoms with Crippen molar-refractivity contribution in [3.05, 3.63) is 82.5 Å². The maximum Gasteiger partial charge on any atom is 2.00 e. The van der Waals surface area contributed by atoms with Gasteiger partial charge in [0.25, 0.3) is 0 Å². The van der Waals surface area contributed by atoms with E-state index in [1.54, 1.807) is 0 Å². The summed E-state index contributed by atoms with van der Waals surface area (Å²) >= 11 is 0. The van der Waals surface area contributed by atoms with E-state index in [0.29, 0.717) is 6.42 Å². The van der Waals surface area contributed by atoms with Gasteiger partial charge in [-0.25, -0.2) is 0 Å². The molecule has 0 unspecified atom stereocenters. The maximum atomic E-state index is 5.68. The van der Waals surface area contributed by atoms with Crippen LogP contribution in [0.15, 0.2) is 60.2 Å². The van der Waals surface area contributed by atoms with E-state index in [1.165, 1.54) is 39.0 Å². The summed E-state index contributed by atoms with van der Waals surface area (Å²) in [5.41, 5.74) is 9.92. The predicted octanol–water partition coefficient (Wildman–Crippen LogP) is -0.397. The largest absolute Gasteiger partial charge is 2.00 e. The monoisotopic (exact) mass is 470 g/mol. The molecule has 0 radical (unpaired) electrons. The summed E-state index contributed by atoms with van der Waals surface area (Å²) in [6, 6.07) is 13.3. The second-order valence-corrected chi connectivity index (χ2v) is 7.29. The molecule has 136 valence electrons. The molecule has 3 heteroatoms. The van der Waals surface area contributed by atoms with Crippen molar-refractivity contribution in [2.45, 2.75) is 38.5 Å². The molecule has 4 rings (SSSR count). The van der Waals surface area contributed by atoms with Gasteiger partial charge in [0.1, 0.15) is 0 Å². The molecular weight excluding hydrogens is 450 g/mol. The number of allylic oxidation sites excluding steroid dienone is 4. The molecule has 2 aliphatic carbocycles. The Kier molecular flexibility index (Phi) is 8.37. The van der Waals surface area contributed by atoms with E-state index < -0.39 is 0 Å². The van der Waals surface area contributed by atoms with E-state index in [1.807, 2.05) is 0 Å². The van der Waals surface area contributed by atoms with Crippen molar-refractivity contribution in [2.75, 3.05) is 0 Å². The van der Waals surface area contributed by atoms with E-state index in [-0.39, 0.29) is 56.4 Å². The molecule has 0 N–H and O–H groups in total. The maximum absolute atomic E-state index is 5.68. The number of hydrogen-bond acceptors (Lipinski definition) is 0. The average molecular weight is 473 g/mol. The minimum absolute atomic E-state index is 0. The van der Waals surface area contributed by atoms with Crippen molar-refractivity contribution >= 4 is 0 Å². The van der Waals surface area contributed by atoms with Crippen molar-refractivity contribution < 1.29 is 51.0 Å². The molecule has 2 aromatic rings. The fraction of sp³-hybridized carbons (Fsp3) is 0.250. The summed E-state index contributed by atoms with van der Waals surface area (Å²) in [6.45, 7) is 4.70. The zero-order valence-corrected chi connectivity index (χ0v) is 19.6. The number of hydrogen-bond donors (Lipinski definition) is 0. The number of terminal acetylenes is 1. The van der Waals surface area contributed by atoms with E-state index >= 15 is 0 Å². The van der Waals surface area contributed by atoms with E-state index in [0.717, 1.165) is 12.8 Å². The third kappa shape index (κ3) is 4.05. The molecule has 27 heavy (non-hydrogen) atoms. The summed E-state index contributed by atoms with van der Waals surface area (Å²) in [4.78, 5) is 0. The number of fused-ring (bicyclic) bond motifs is 3. The van der Waals surface area contributed by atoms with Crippen molar-refractivity contribution in [1.29, 1.82) is 0 Å². The first-order valence-electron chi connectivity index (χ1n) is 8.66. The van der Waals surface area contributed by atoms with Gasteiger partial charge in [-0.15, -0.1) is 12.3 Å². The topological polar surface area (TPSA) is 0 Å². The van der Waals surface area contributed by atoms with Crippen LogP contribution in [0.3, 0.4) is 0 Å². The van der Waals surface area contributed by atoms with Crippen LogP contribution in [-0.2, 0) is 44.5 Å². The van der Waals surface area contributed by atoms with Gasteiger partial charge >= 0.3 is 26.2 Å². The quantitative estimate of drug-likeness (QED) is 0.456. The summed E-state index contributed by atoms with van der Waals surface area (Å²) in [6.07, 6.45) is 15.1. The molecular formula is C24H22Cl2Zr. The van der Waals surface area contributed by atoms with Gasteiger partial charge in [0, 0.05) is 11.8 Å². The molecule has 0 nitrogen and oxygen atoms in total. The normalized spacial score (nSPS) is 13.3. The Labute approximate surface area is 194 Å². The minimum atomic E-state index is 0. The van der Waals surface area contributed by atoms with Gasteiger partial charge in [0.2, 0.25) is 0 Å². The number of benzene rings is 2. The smallest absolute Gasteiger partial charge is 1.00 e. The first-order valence-corrected chi connectivity index (χ1v) is 8.66. The molecule has 0 fully saturated rings. The first-order chi connectivity index (χ1) is 11.6. The van der Waals surface area contributed by atoms with Crippen LogP contribution in [0.5, 0.6) is 0 Å². The van der Waals surface area contributed by atoms with Gasteiger partial charge in [-0.2, -0.15) is 0 Å². The fourth-order valence-electron chi connectivity index (χ4n) is 4.37. The zero-order chi connectivity index (χ0) is 16.7. The Morgan fingerprint density at radius 1 is 1.04 bits per heavy atom. The standard InChI is InChI=1S/C24H22.2ClH.Zr/c1-4-9-17-14-15-21-20-13-8-5-10-18(20)16-22(21)23(17)24(2,3)19-11-6-7-12-19;;;/h1,5-8,10-11,13-15H,9,12,16H2,2-3H3;2*1H;/q;;;+2/p-2. The average Bonchev–Trinajstić information content (AvgIpc) is 3.22. The molecule has 0 amide bonds. The van der Waals surface area contributed by atoms with E-state index in [9.17, 15) is 0 Å². The first kappa shape index (κ1) is 24.0. The second kappa shape index (κ2) is 9.43.